The van der Waals surface area contributed by atoms with Crippen molar-refractivity contribution < 1.29 is 58.9 Å². The molecular weight excluding hydrogens is 350 g/mol. The standard InChI is InChI=1S/C14H23Si.3ClH.Ti/c1-11-13(10-15(2,3)4)9-12-7-5-6-8-14(11)12;;;;/h11H,5-8,10H2,1-4H3;3*1H;/q-1;;;;+4/p-3. The maximum atomic E-state index is 3.73. The van der Waals surface area contributed by atoms with Gasteiger partial charge in [0.2, 0.25) is 0 Å². The average molecular weight is 374 g/mol. The fraction of sp³-hybridized carbons (Fsp3) is 0.714. The van der Waals surface area contributed by atoms with Gasteiger partial charge in [-0.25, -0.2) is 17.2 Å². The molecule has 2 rings (SSSR count). The van der Waals surface area contributed by atoms with Gasteiger partial charge < -0.3 is 37.2 Å². The van der Waals surface area contributed by atoms with E-state index in [0.717, 1.165) is 5.92 Å². The smallest absolute Gasteiger partial charge is 1.00 e. The quantitative estimate of drug-likeness (QED) is 0.339. The average Bonchev–Trinajstić information content (AvgIpc) is 2.42. The van der Waals surface area contributed by atoms with Crippen molar-refractivity contribution in [2.45, 2.75) is 58.3 Å². The zero-order valence-electron chi connectivity index (χ0n) is 12.2. The van der Waals surface area contributed by atoms with Crippen molar-refractivity contribution in [3.05, 3.63) is 22.8 Å². The van der Waals surface area contributed by atoms with Crippen molar-refractivity contribution in [1.29, 1.82) is 0 Å². The van der Waals surface area contributed by atoms with Crippen LogP contribution in [0, 0.1) is 12.0 Å². The fourth-order valence-electron chi connectivity index (χ4n) is 2.83. The van der Waals surface area contributed by atoms with Crippen LogP contribution in [-0.4, -0.2) is 8.07 Å². The van der Waals surface area contributed by atoms with Crippen LogP contribution < -0.4 is 37.2 Å². The molecule has 0 heterocycles. The molecule has 0 aromatic carbocycles. The number of halogens is 3. The Hall–Kier alpha value is 1.28. The molecule has 0 bridgehead atoms. The van der Waals surface area contributed by atoms with Crippen molar-refractivity contribution >= 4 is 8.07 Å². The Morgan fingerprint density at radius 1 is 1.05 bits per heavy atom. The van der Waals surface area contributed by atoms with E-state index in [4.69, 9.17) is 0 Å². The number of hydrogen-bond donors (Lipinski definition) is 0. The zero-order chi connectivity index (χ0) is 11.1. The van der Waals surface area contributed by atoms with Crippen LogP contribution in [0.4, 0.5) is 0 Å². The van der Waals surface area contributed by atoms with Crippen molar-refractivity contribution in [2.75, 3.05) is 0 Å². The predicted octanol–water partition coefficient (Wildman–Crippen LogP) is -4.42. The van der Waals surface area contributed by atoms with Gasteiger partial charge in [0.1, 0.15) is 0 Å². The summed E-state index contributed by atoms with van der Waals surface area (Å²) in [6.45, 7) is 9.79. The molecule has 0 N–H and O–H groups in total. The van der Waals surface area contributed by atoms with E-state index in [1.165, 1.54) is 31.7 Å². The third-order valence-corrected chi connectivity index (χ3v) is 5.03. The largest absolute Gasteiger partial charge is 4.00 e. The molecule has 2 aliphatic carbocycles. The third-order valence-electron chi connectivity index (χ3n) is 3.59. The van der Waals surface area contributed by atoms with Gasteiger partial charge in [-0.2, -0.15) is 5.57 Å². The van der Waals surface area contributed by atoms with E-state index >= 15 is 0 Å². The van der Waals surface area contributed by atoms with Crippen LogP contribution in [0.2, 0.25) is 25.7 Å². The van der Waals surface area contributed by atoms with E-state index in [-0.39, 0.29) is 58.9 Å². The van der Waals surface area contributed by atoms with Crippen LogP contribution in [0.3, 0.4) is 0 Å². The second kappa shape index (κ2) is 10.1. The molecule has 0 spiro atoms. The van der Waals surface area contributed by atoms with E-state index in [1.807, 2.05) is 0 Å². The monoisotopic (exact) mass is 372 g/mol. The van der Waals surface area contributed by atoms with Gasteiger partial charge in [0, 0.05) is 8.07 Å². The molecule has 19 heavy (non-hydrogen) atoms. The molecule has 0 aliphatic heterocycles. The summed E-state index contributed by atoms with van der Waals surface area (Å²) >= 11 is 0. The fourth-order valence-corrected chi connectivity index (χ4v) is 4.37. The molecule has 0 saturated carbocycles. The van der Waals surface area contributed by atoms with E-state index in [0.29, 0.717) is 0 Å². The van der Waals surface area contributed by atoms with Gasteiger partial charge in [0.05, 0.1) is 0 Å². The summed E-state index contributed by atoms with van der Waals surface area (Å²) in [7, 11) is -0.955. The maximum Gasteiger partial charge on any atom is 4.00 e. The first-order chi connectivity index (χ1) is 6.97. The molecule has 1 atom stereocenters. The Balaban J connectivity index is -0.000000640. The van der Waals surface area contributed by atoms with Crippen LogP contribution >= 0.6 is 0 Å². The Bertz CT molecular complexity index is 332. The SMILES string of the molecule is CC1C(C[Si](C)(C)C)=[C-]C2=C1CCCC2.[Cl-].[Cl-].[Cl-].[Ti+4]. The summed E-state index contributed by atoms with van der Waals surface area (Å²) in [5.74, 6) is 0.729. The summed E-state index contributed by atoms with van der Waals surface area (Å²) in [6, 6.07) is 1.35. The first-order valence-electron chi connectivity index (χ1n) is 6.32. The van der Waals surface area contributed by atoms with Crippen LogP contribution in [0.15, 0.2) is 16.7 Å². The summed E-state index contributed by atoms with van der Waals surface area (Å²) in [6.07, 6.45) is 9.17. The van der Waals surface area contributed by atoms with Crippen molar-refractivity contribution in [2.24, 2.45) is 5.92 Å². The van der Waals surface area contributed by atoms with Gasteiger partial charge in [-0.1, -0.05) is 64.2 Å². The predicted molar refractivity (Wildman–Crippen MR) is 69.6 cm³/mol. The Kier molecular flexibility index (Phi) is 13.4. The van der Waals surface area contributed by atoms with Crippen molar-refractivity contribution in [3.63, 3.8) is 0 Å². The minimum absolute atomic E-state index is 0. The minimum Gasteiger partial charge on any atom is -1.00 e. The van der Waals surface area contributed by atoms with Crippen molar-refractivity contribution in [1.82, 2.24) is 0 Å². The Morgan fingerprint density at radius 3 is 2.05 bits per heavy atom. The normalized spacial score (nSPS) is 21.1. The van der Waals surface area contributed by atoms with E-state index in [2.05, 4.69) is 32.6 Å². The van der Waals surface area contributed by atoms with Gasteiger partial charge in [-0.15, -0.1) is 0 Å². The van der Waals surface area contributed by atoms with Crippen molar-refractivity contribution in [3.8, 4) is 0 Å². The van der Waals surface area contributed by atoms with Crippen LogP contribution in [0.25, 0.3) is 0 Å². The van der Waals surface area contributed by atoms with Gasteiger partial charge in [0.25, 0.3) is 0 Å². The first-order valence-corrected chi connectivity index (χ1v) is 10.0. The first kappa shape index (κ1) is 25.2. The van der Waals surface area contributed by atoms with Crippen LogP contribution in [0.5, 0.6) is 0 Å². The summed E-state index contributed by atoms with van der Waals surface area (Å²) in [5, 5.41) is 0. The number of allylic oxidation sites excluding steroid dienone is 4. The Labute approximate surface area is 153 Å². The van der Waals surface area contributed by atoms with Gasteiger partial charge in [-0.3, -0.25) is 0 Å². The maximum absolute atomic E-state index is 3.73. The summed E-state index contributed by atoms with van der Waals surface area (Å²) < 4.78 is 0. The molecule has 0 radical (unpaired) electrons. The Morgan fingerprint density at radius 2 is 1.58 bits per heavy atom. The van der Waals surface area contributed by atoms with E-state index in [1.54, 1.807) is 16.7 Å². The van der Waals surface area contributed by atoms with Gasteiger partial charge >= 0.3 is 21.7 Å². The number of hydrogen-bond acceptors (Lipinski definition) is 0. The third kappa shape index (κ3) is 6.72. The minimum atomic E-state index is -0.955. The molecular formula is C14H23Cl3SiTi. The van der Waals surface area contributed by atoms with E-state index in [9.17, 15) is 0 Å². The molecule has 0 amide bonds. The molecule has 0 aromatic heterocycles. The molecule has 0 fully saturated rings. The van der Waals surface area contributed by atoms with Crippen LogP contribution in [-0.2, 0) is 21.7 Å². The number of rotatable bonds is 2. The zero-order valence-corrected chi connectivity index (χ0v) is 17.1. The topological polar surface area (TPSA) is 0 Å². The molecule has 0 aromatic rings. The van der Waals surface area contributed by atoms with Gasteiger partial charge in [-0.05, 0) is 0 Å². The second-order valence-electron chi connectivity index (χ2n) is 6.32. The van der Waals surface area contributed by atoms with E-state index < -0.39 is 8.07 Å². The second-order valence-corrected chi connectivity index (χ2v) is 11.8. The van der Waals surface area contributed by atoms with Crippen LogP contribution in [0.1, 0.15) is 32.6 Å². The molecule has 1 unspecified atom stereocenters. The molecule has 5 heteroatoms. The summed E-state index contributed by atoms with van der Waals surface area (Å²) in [4.78, 5) is 0. The molecule has 2 aliphatic rings. The molecule has 0 saturated heterocycles. The van der Waals surface area contributed by atoms with Gasteiger partial charge in [0.15, 0.2) is 0 Å². The molecule has 0 nitrogen and oxygen atoms in total. The molecule has 108 valence electrons. The summed E-state index contributed by atoms with van der Waals surface area (Å²) in [5.41, 5.74) is 4.94.